The van der Waals surface area contributed by atoms with Crippen molar-refractivity contribution >= 4 is 10.0 Å². The Morgan fingerprint density at radius 2 is 1.76 bits per heavy atom. The van der Waals surface area contributed by atoms with Crippen molar-refractivity contribution < 1.29 is 21.6 Å². The molecule has 0 atom stereocenters. The first kappa shape index (κ1) is 13.5. The molecule has 0 aliphatic carbocycles. The third-order valence-electron chi connectivity index (χ3n) is 1.79. The Labute approximate surface area is 96.7 Å². The van der Waals surface area contributed by atoms with E-state index in [0.717, 1.165) is 0 Å². The largest absolute Gasteiger partial charge is 0.244 e. The van der Waals surface area contributed by atoms with Gasteiger partial charge in [-0.3, -0.25) is 0 Å². The van der Waals surface area contributed by atoms with E-state index in [2.05, 4.69) is 11.8 Å². The molecule has 1 aromatic rings. The average Bonchev–Trinajstić information content (AvgIpc) is 2.23. The van der Waals surface area contributed by atoms with Crippen molar-refractivity contribution in [2.45, 2.75) is 11.8 Å². The second-order valence-corrected chi connectivity index (χ2v) is 4.68. The van der Waals surface area contributed by atoms with Crippen molar-refractivity contribution in [2.24, 2.45) is 0 Å². The molecule has 0 saturated carbocycles. The van der Waals surface area contributed by atoms with Gasteiger partial charge in [-0.25, -0.2) is 21.6 Å². The smallest absolute Gasteiger partial charge is 0.207 e. The van der Waals surface area contributed by atoms with Crippen LogP contribution >= 0.6 is 0 Å². The lowest BCUT2D eigenvalue weighted by Gasteiger charge is -2.05. The minimum atomic E-state index is -4.24. The molecule has 0 aliphatic rings. The molecule has 0 unspecified atom stereocenters. The van der Waals surface area contributed by atoms with Crippen LogP contribution in [0.25, 0.3) is 0 Å². The van der Waals surface area contributed by atoms with Gasteiger partial charge in [0.2, 0.25) is 10.0 Å². The fourth-order valence-electron chi connectivity index (χ4n) is 1.01. The van der Waals surface area contributed by atoms with E-state index in [-0.39, 0.29) is 18.7 Å². The minimum Gasteiger partial charge on any atom is -0.207 e. The van der Waals surface area contributed by atoms with Gasteiger partial charge in [0.25, 0.3) is 0 Å². The molecule has 7 heteroatoms. The SMILES string of the molecule is CC#CCNS(=O)(=O)c1cc(F)c(F)cc1F. The quantitative estimate of drug-likeness (QED) is 0.662. The summed E-state index contributed by atoms with van der Waals surface area (Å²) in [6.45, 7) is 1.25. The molecule has 3 nitrogen and oxygen atoms in total. The van der Waals surface area contributed by atoms with E-state index in [1.807, 2.05) is 4.72 Å². The fourth-order valence-corrected chi connectivity index (χ4v) is 2.00. The Kier molecular flexibility index (Phi) is 4.15. The van der Waals surface area contributed by atoms with Crippen LogP contribution in [0.5, 0.6) is 0 Å². The standard InChI is InChI=1S/C10H8F3NO2S/c1-2-3-4-14-17(15,16)10-6-8(12)7(11)5-9(10)13/h5-6,14H,4H2,1H3. The number of rotatable bonds is 3. The zero-order valence-electron chi connectivity index (χ0n) is 8.72. The summed E-state index contributed by atoms with van der Waals surface area (Å²) in [5.41, 5.74) is 0. The van der Waals surface area contributed by atoms with Crippen LogP contribution in [0.1, 0.15) is 6.92 Å². The number of hydrogen-bond donors (Lipinski definition) is 1. The monoisotopic (exact) mass is 263 g/mol. The van der Waals surface area contributed by atoms with Gasteiger partial charge >= 0.3 is 0 Å². The van der Waals surface area contributed by atoms with Gasteiger partial charge in [-0.15, -0.1) is 5.92 Å². The van der Waals surface area contributed by atoms with Crippen molar-refractivity contribution in [1.82, 2.24) is 4.72 Å². The van der Waals surface area contributed by atoms with Gasteiger partial charge in [-0.1, -0.05) is 5.92 Å². The van der Waals surface area contributed by atoms with E-state index in [1.54, 1.807) is 0 Å². The molecule has 1 rings (SSSR count). The lowest BCUT2D eigenvalue weighted by atomic mass is 10.3. The van der Waals surface area contributed by atoms with Gasteiger partial charge in [0.05, 0.1) is 6.54 Å². The van der Waals surface area contributed by atoms with Gasteiger partial charge in [-0.05, 0) is 13.0 Å². The summed E-state index contributed by atoms with van der Waals surface area (Å²) in [5, 5.41) is 0. The third-order valence-corrected chi connectivity index (χ3v) is 3.21. The zero-order chi connectivity index (χ0) is 13.1. The Hall–Kier alpha value is -1.52. The normalized spacial score (nSPS) is 10.8. The maximum absolute atomic E-state index is 13.2. The van der Waals surface area contributed by atoms with Gasteiger partial charge < -0.3 is 0 Å². The zero-order valence-corrected chi connectivity index (χ0v) is 9.54. The molecule has 17 heavy (non-hydrogen) atoms. The van der Waals surface area contributed by atoms with E-state index in [9.17, 15) is 21.6 Å². The molecular formula is C10H8F3NO2S. The molecule has 0 heterocycles. The molecule has 1 N–H and O–H groups in total. The second-order valence-electron chi connectivity index (χ2n) is 2.95. The predicted octanol–water partition coefficient (Wildman–Crippen LogP) is 1.41. The molecule has 0 spiro atoms. The van der Waals surface area contributed by atoms with E-state index in [0.29, 0.717) is 0 Å². The Morgan fingerprint density at radius 1 is 1.18 bits per heavy atom. The number of sulfonamides is 1. The molecule has 0 radical (unpaired) electrons. The third kappa shape index (κ3) is 3.22. The molecular weight excluding hydrogens is 255 g/mol. The summed E-state index contributed by atoms with van der Waals surface area (Å²) >= 11 is 0. The number of benzene rings is 1. The van der Waals surface area contributed by atoms with Crippen molar-refractivity contribution in [1.29, 1.82) is 0 Å². The molecule has 0 amide bonds. The summed E-state index contributed by atoms with van der Waals surface area (Å²) in [7, 11) is -4.24. The Balaban J connectivity index is 3.14. The van der Waals surface area contributed by atoms with Crippen molar-refractivity contribution in [3.63, 3.8) is 0 Å². The van der Waals surface area contributed by atoms with Crippen molar-refractivity contribution in [3.05, 3.63) is 29.6 Å². The number of halogens is 3. The number of nitrogens with one attached hydrogen (secondary N) is 1. The Morgan fingerprint density at radius 3 is 2.35 bits per heavy atom. The van der Waals surface area contributed by atoms with E-state index >= 15 is 0 Å². The molecule has 0 aromatic heterocycles. The van der Waals surface area contributed by atoms with Crippen LogP contribution in [-0.2, 0) is 10.0 Å². The molecule has 1 aromatic carbocycles. The van der Waals surface area contributed by atoms with Crippen LogP contribution in [0.2, 0.25) is 0 Å². The highest BCUT2D eigenvalue weighted by atomic mass is 32.2. The first-order valence-electron chi connectivity index (χ1n) is 4.42. The van der Waals surface area contributed by atoms with Crippen LogP contribution in [0.4, 0.5) is 13.2 Å². The lowest BCUT2D eigenvalue weighted by molar-refractivity contribution is 0.481. The summed E-state index contributed by atoms with van der Waals surface area (Å²) in [6, 6.07) is 0.460. The van der Waals surface area contributed by atoms with E-state index < -0.39 is 32.4 Å². The van der Waals surface area contributed by atoms with Crippen LogP contribution in [-0.4, -0.2) is 15.0 Å². The van der Waals surface area contributed by atoms with Crippen LogP contribution in [0.15, 0.2) is 17.0 Å². The van der Waals surface area contributed by atoms with Gasteiger partial charge in [0, 0.05) is 6.07 Å². The van der Waals surface area contributed by atoms with Crippen molar-refractivity contribution in [3.8, 4) is 11.8 Å². The highest BCUT2D eigenvalue weighted by Gasteiger charge is 2.21. The minimum absolute atomic E-state index is 0.176. The topological polar surface area (TPSA) is 46.2 Å². The lowest BCUT2D eigenvalue weighted by Crippen LogP contribution is -2.25. The molecule has 92 valence electrons. The van der Waals surface area contributed by atoms with Crippen molar-refractivity contribution in [2.75, 3.05) is 6.54 Å². The highest BCUT2D eigenvalue weighted by Crippen LogP contribution is 2.18. The predicted molar refractivity (Wildman–Crippen MR) is 55.0 cm³/mol. The molecule has 0 bridgehead atoms. The second kappa shape index (κ2) is 5.21. The van der Waals surface area contributed by atoms with Gasteiger partial charge in [0.15, 0.2) is 11.6 Å². The van der Waals surface area contributed by atoms with Crippen LogP contribution in [0, 0.1) is 29.3 Å². The summed E-state index contributed by atoms with van der Waals surface area (Å²) < 4.78 is 63.5. The van der Waals surface area contributed by atoms with Gasteiger partial charge in [-0.2, -0.15) is 4.72 Å². The maximum atomic E-state index is 13.2. The summed E-state index contributed by atoms with van der Waals surface area (Å²) in [5.74, 6) is 0.565. The first-order valence-corrected chi connectivity index (χ1v) is 5.90. The van der Waals surface area contributed by atoms with E-state index in [4.69, 9.17) is 0 Å². The molecule has 0 saturated heterocycles. The summed E-state index contributed by atoms with van der Waals surface area (Å²) in [4.78, 5) is -0.950. The fraction of sp³-hybridized carbons (Fsp3) is 0.200. The number of hydrogen-bond acceptors (Lipinski definition) is 2. The molecule has 0 fully saturated rings. The molecule has 0 aliphatic heterocycles. The van der Waals surface area contributed by atoms with Gasteiger partial charge in [0.1, 0.15) is 10.7 Å². The van der Waals surface area contributed by atoms with E-state index in [1.165, 1.54) is 6.92 Å². The maximum Gasteiger partial charge on any atom is 0.244 e. The van der Waals surface area contributed by atoms with Crippen LogP contribution in [0.3, 0.4) is 0 Å². The Bertz CT molecular complexity index is 588. The first-order chi connectivity index (χ1) is 7.88. The van der Waals surface area contributed by atoms with Crippen LogP contribution < -0.4 is 4.72 Å². The average molecular weight is 263 g/mol. The highest BCUT2D eigenvalue weighted by molar-refractivity contribution is 7.89. The summed E-state index contributed by atoms with van der Waals surface area (Å²) in [6.07, 6.45) is 0.